The summed E-state index contributed by atoms with van der Waals surface area (Å²) in [6.07, 6.45) is 3.39. The zero-order chi connectivity index (χ0) is 8.48. The second-order valence-electron chi connectivity index (χ2n) is 3.57. The van der Waals surface area contributed by atoms with Crippen LogP contribution in [0.4, 0.5) is 0 Å². The Balaban J connectivity index is 3.12. The van der Waals surface area contributed by atoms with Gasteiger partial charge in [0, 0.05) is 5.56 Å². The second kappa shape index (κ2) is 2.53. The Labute approximate surface area is 66.9 Å². The van der Waals surface area contributed by atoms with E-state index >= 15 is 0 Å². The maximum absolute atomic E-state index is 4.84. The quantitative estimate of drug-likeness (QED) is 0.616. The van der Waals surface area contributed by atoms with Gasteiger partial charge in [0.15, 0.2) is 0 Å². The van der Waals surface area contributed by atoms with Crippen molar-refractivity contribution in [3.05, 3.63) is 24.1 Å². The van der Waals surface area contributed by atoms with Crippen LogP contribution in [0.25, 0.3) is 6.08 Å². The fourth-order valence-electron chi connectivity index (χ4n) is 0.954. The Hall–Kier alpha value is -1.05. The summed E-state index contributed by atoms with van der Waals surface area (Å²) in [5, 5.41) is 3.81. The molecule has 1 heterocycles. The van der Waals surface area contributed by atoms with Crippen molar-refractivity contribution in [1.29, 1.82) is 0 Å². The van der Waals surface area contributed by atoms with Gasteiger partial charge in [0.05, 0.1) is 0 Å². The van der Waals surface area contributed by atoms with E-state index in [1.807, 2.05) is 0 Å². The molecule has 0 atom stereocenters. The van der Waals surface area contributed by atoms with Crippen molar-refractivity contribution in [1.82, 2.24) is 5.16 Å². The van der Waals surface area contributed by atoms with Gasteiger partial charge in [-0.2, -0.15) is 0 Å². The SMILES string of the molecule is C=Cc1nocc1C(C)(C)C. The Morgan fingerprint density at radius 2 is 2.18 bits per heavy atom. The molecule has 0 saturated heterocycles. The average molecular weight is 151 g/mol. The first-order valence-electron chi connectivity index (χ1n) is 3.63. The van der Waals surface area contributed by atoms with E-state index in [1.165, 1.54) is 0 Å². The molecule has 2 heteroatoms. The summed E-state index contributed by atoms with van der Waals surface area (Å²) in [4.78, 5) is 0. The van der Waals surface area contributed by atoms with Crippen molar-refractivity contribution < 1.29 is 4.52 Å². The van der Waals surface area contributed by atoms with Gasteiger partial charge in [0.1, 0.15) is 12.0 Å². The lowest BCUT2D eigenvalue weighted by Crippen LogP contribution is -2.11. The summed E-state index contributed by atoms with van der Waals surface area (Å²) >= 11 is 0. The van der Waals surface area contributed by atoms with Crippen molar-refractivity contribution in [2.45, 2.75) is 26.2 Å². The maximum atomic E-state index is 4.84. The Morgan fingerprint density at radius 1 is 1.55 bits per heavy atom. The highest BCUT2D eigenvalue weighted by Gasteiger charge is 2.19. The minimum absolute atomic E-state index is 0.0868. The smallest absolute Gasteiger partial charge is 0.128 e. The molecule has 0 spiro atoms. The lowest BCUT2D eigenvalue weighted by Gasteiger charge is -2.15. The van der Waals surface area contributed by atoms with Crippen LogP contribution in [0.2, 0.25) is 0 Å². The highest BCUT2D eigenvalue weighted by atomic mass is 16.5. The molecule has 0 aliphatic carbocycles. The lowest BCUT2D eigenvalue weighted by molar-refractivity contribution is 0.415. The van der Waals surface area contributed by atoms with E-state index in [9.17, 15) is 0 Å². The third kappa shape index (κ3) is 1.50. The molecule has 0 unspecified atom stereocenters. The van der Waals surface area contributed by atoms with Gasteiger partial charge < -0.3 is 4.52 Å². The molecule has 1 aromatic rings. The summed E-state index contributed by atoms with van der Waals surface area (Å²) in [5.74, 6) is 0. The van der Waals surface area contributed by atoms with Crippen molar-refractivity contribution in [2.24, 2.45) is 0 Å². The molecule has 2 nitrogen and oxygen atoms in total. The third-order valence-electron chi connectivity index (χ3n) is 1.60. The van der Waals surface area contributed by atoms with Crippen LogP contribution >= 0.6 is 0 Å². The highest BCUT2D eigenvalue weighted by Crippen LogP contribution is 2.25. The van der Waals surface area contributed by atoms with Crippen LogP contribution in [-0.4, -0.2) is 5.16 Å². The van der Waals surface area contributed by atoms with Gasteiger partial charge in [0.25, 0.3) is 0 Å². The van der Waals surface area contributed by atoms with E-state index in [0.29, 0.717) is 0 Å². The van der Waals surface area contributed by atoms with Crippen molar-refractivity contribution in [3.63, 3.8) is 0 Å². The molecule has 0 aromatic carbocycles. The van der Waals surface area contributed by atoms with E-state index in [2.05, 4.69) is 32.5 Å². The fourth-order valence-corrected chi connectivity index (χ4v) is 0.954. The molecule has 0 saturated carbocycles. The zero-order valence-corrected chi connectivity index (χ0v) is 7.22. The number of hydrogen-bond acceptors (Lipinski definition) is 2. The van der Waals surface area contributed by atoms with Crippen molar-refractivity contribution in [3.8, 4) is 0 Å². The van der Waals surface area contributed by atoms with Gasteiger partial charge in [-0.3, -0.25) is 0 Å². The molecular weight excluding hydrogens is 138 g/mol. The highest BCUT2D eigenvalue weighted by molar-refractivity contribution is 5.47. The standard InChI is InChI=1S/C9H13NO/c1-5-8-7(6-11-10-8)9(2,3)4/h5-6H,1H2,2-4H3. The molecule has 0 bridgehead atoms. The van der Waals surface area contributed by atoms with Gasteiger partial charge in [-0.05, 0) is 11.5 Å². The summed E-state index contributed by atoms with van der Waals surface area (Å²) in [6.45, 7) is 10.0. The Kier molecular flexibility index (Phi) is 1.85. The van der Waals surface area contributed by atoms with E-state index in [0.717, 1.165) is 11.3 Å². The van der Waals surface area contributed by atoms with Crippen LogP contribution in [0.3, 0.4) is 0 Å². The summed E-state index contributed by atoms with van der Waals surface area (Å²) in [6, 6.07) is 0. The summed E-state index contributed by atoms with van der Waals surface area (Å²) in [7, 11) is 0. The zero-order valence-electron chi connectivity index (χ0n) is 7.22. The molecule has 0 radical (unpaired) electrons. The molecule has 1 aromatic heterocycles. The predicted octanol–water partition coefficient (Wildman–Crippen LogP) is 2.62. The average Bonchev–Trinajstić information content (AvgIpc) is 2.31. The molecule has 0 aliphatic heterocycles. The molecule has 0 fully saturated rings. The van der Waals surface area contributed by atoms with Crippen molar-refractivity contribution in [2.75, 3.05) is 0 Å². The van der Waals surface area contributed by atoms with Gasteiger partial charge in [0.2, 0.25) is 0 Å². The van der Waals surface area contributed by atoms with E-state index in [4.69, 9.17) is 4.52 Å². The number of rotatable bonds is 1. The topological polar surface area (TPSA) is 26.0 Å². The lowest BCUT2D eigenvalue weighted by atomic mass is 9.87. The normalized spacial score (nSPS) is 11.5. The van der Waals surface area contributed by atoms with Crippen LogP contribution in [-0.2, 0) is 5.41 Å². The van der Waals surface area contributed by atoms with Crippen LogP contribution in [0.15, 0.2) is 17.4 Å². The minimum atomic E-state index is 0.0868. The number of aromatic nitrogens is 1. The minimum Gasteiger partial charge on any atom is -0.364 e. The summed E-state index contributed by atoms with van der Waals surface area (Å²) < 4.78 is 4.84. The number of nitrogens with zero attached hydrogens (tertiary/aromatic N) is 1. The molecular formula is C9H13NO. The van der Waals surface area contributed by atoms with Gasteiger partial charge in [-0.15, -0.1) is 0 Å². The molecule has 0 N–H and O–H groups in total. The first-order valence-corrected chi connectivity index (χ1v) is 3.63. The van der Waals surface area contributed by atoms with Gasteiger partial charge in [-0.1, -0.05) is 32.5 Å². The van der Waals surface area contributed by atoms with Gasteiger partial charge >= 0.3 is 0 Å². The fraction of sp³-hybridized carbons (Fsp3) is 0.444. The second-order valence-corrected chi connectivity index (χ2v) is 3.57. The molecule has 1 rings (SSSR count). The van der Waals surface area contributed by atoms with E-state index in [1.54, 1.807) is 12.3 Å². The molecule has 60 valence electrons. The molecule has 0 aliphatic rings. The van der Waals surface area contributed by atoms with Gasteiger partial charge in [-0.25, -0.2) is 0 Å². The van der Waals surface area contributed by atoms with Crippen LogP contribution in [0, 0.1) is 0 Å². The van der Waals surface area contributed by atoms with E-state index in [-0.39, 0.29) is 5.41 Å². The first-order chi connectivity index (χ1) is 5.05. The predicted molar refractivity (Wildman–Crippen MR) is 45.3 cm³/mol. The van der Waals surface area contributed by atoms with E-state index < -0.39 is 0 Å². The maximum Gasteiger partial charge on any atom is 0.128 e. The van der Waals surface area contributed by atoms with Crippen LogP contribution in [0.5, 0.6) is 0 Å². The van der Waals surface area contributed by atoms with Crippen molar-refractivity contribution >= 4 is 6.08 Å². The Morgan fingerprint density at radius 3 is 2.55 bits per heavy atom. The van der Waals surface area contributed by atoms with Crippen LogP contribution < -0.4 is 0 Å². The number of hydrogen-bond donors (Lipinski definition) is 0. The molecule has 0 amide bonds. The first kappa shape index (κ1) is 8.05. The molecule has 11 heavy (non-hydrogen) atoms. The monoisotopic (exact) mass is 151 g/mol. The summed E-state index contributed by atoms with van der Waals surface area (Å²) in [5.41, 5.74) is 2.04. The largest absolute Gasteiger partial charge is 0.364 e. The Bertz CT molecular complexity index is 255. The third-order valence-corrected chi connectivity index (χ3v) is 1.60. The van der Waals surface area contributed by atoms with Crippen LogP contribution in [0.1, 0.15) is 32.0 Å².